The van der Waals surface area contributed by atoms with E-state index in [4.69, 9.17) is 40.2 Å². The summed E-state index contributed by atoms with van der Waals surface area (Å²) in [4.78, 5) is 0.712. The van der Waals surface area contributed by atoms with Gasteiger partial charge in [-0.3, -0.25) is 0 Å². The quantitative estimate of drug-likeness (QED) is 0.474. The van der Waals surface area contributed by atoms with Gasteiger partial charge < -0.3 is 10.1 Å². The molecule has 0 bridgehead atoms. The van der Waals surface area contributed by atoms with Crippen LogP contribution < -0.4 is 10.1 Å². The fraction of sp³-hybridized carbons (Fsp3) is 0.136. The lowest BCUT2D eigenvalue weighted by Gasteiger charge is -2.11. The van der Waals surface area contributed by atoms with Crippen molar-refractivity contribution in [2.45, 2.75) is 20.1 Å². The van der Waals surface area contributed by atoms with Crippen LogP contribution in [0, 0.1) is 6.92 Å². The zero-order valence-electron chi connectivity index (χ0n) is 14.8. The highest BCUT2D eigenvalue weighted by Crippen LogP contribution is 2.23. The van der Waals surface area contributed by atoms with E-state index >= 15 is 0 Å². The molecule has 5 heteroatoms. The van der Waals surface area contributed by atoms with Crippen molar-refractivity contribution >= 4 is 40.4 Å². The van der Waals surface area contributed by atoms with Gasteiger partial charge in [0, 0.05) is 27.7 Å². The molecule has 0 atom stereocenters. The van der Waals surface area contributed by atoms with Gasteiger partial charge in [0.25, 0.3) is 0 Å². The largest absolute Gasteiger partial charge is 0.489 e. The van der Waals surface area contributed by atoms with E-state index in [-0.39, 0.29) is 0 Å². The molecule has 0 saturated carbocycles. The smallest absolute Gasteiger partial charge is 0.119 e. The lowest BCUT2D eigenvalue weighted by atomic mass is 10.1. The van der Waals surface area contributed by atoms with Gasteiger partial charge in [0.1, 0.15) is 17.3 Å². The first-order valence-electron chi connectivity index (χ1n) is 8.52. The molecule has 0 aliphatic rings. The van der Waals surface area contributed by atoms with E-state index in [1.807, 2.05) is 30.3 Å². The van der Waals surface area contributed by atoms with Gasteiger partial charge in [-0.15, -0.1) is 0 Å². The highest BCUT2D eigenvalue weighted by molar-refractivity contribution is 7.80. The van der Waals surface area contributed by atoms with Gasteiger partial charge in [-0.2, -0.15) is 0 Å². The Kier molecular flexibility index (Phi) is 6.73. The summed E-state index contributed by atoms with van der Waals surface area (Å²) in [7, 11) is 0. The molecule has 3 aromatic rings. The van der Waals surface area contributed by atoms with Crippen LogP contribution in [0.3, 0.4) is 0 Å². The normalized spacial score (nSPS) is 10.5. The summed E-state index contributed by atoms with van der Waals surface area (Å²) in [6, 6.07) is 21.4. The molecule has 3 rings (SSSR count). The average molecular weight is 416 g/mol. The molecule has 27 heavy (non-hydrogen) atoms. The van der Waals surface area contributed by atoms with Crippen molar-refractivity contribution in [1.82, 2.24) is 5.32 Å². The number of thiocarbonyl (C=S) groups is 1. The lowest BCUT2D eigenvalue weighted by Crippen LogP contribution is -2.21. The zero-order valence-corrected chi connectivity index (χ0v) is 17.2. The minimum absolute atomic E-state index is 0.380. The Labute approximate surface area is 175 Å². The van der Waals surface area contributed by atoms with Gasteiger partial charge in [0.05, 0.1) is 0 Å². The maximum Gasteiger partial charge on any atom is 0.119 e. The second-order valence-corrected chi connectivity index (χ2v) is 7.47. The van der Waals surface area contributed by atoms with Gasteiger partial charge in [0.2, 0.25) is 0 Å². The molecule has 0 spiro atoms. The molecular weight excluding hydrogens is 397 g/mol. The standard InChI is InChI=1S/C22H19Cl2NOS/c1-15-3-2-4-16(11-15)13-25-22(27)17-6-9-20(10-7-17)26-14-18-5-8-19(23)12-21(18)24/h2-12H,13-14H2,1H3,(H,25,27). The predicted octanol–water partition coefficient (Wildman–Crippen LogP) is 6.35. The van der Waals surface area contributed by atoms with E-state index in [0.717, 1.165) is 16.9 Å². The molecule has 0 aliphatic heterocycles. The first-order valence-corrected chi connectivity index (χ1v) is 9.68. The van der Waals surface area contributed by atoms with E-state index in [2.05, 4.69) is 36.5 Å². The Hall–Kier alpha value is -2.07. The monoisotopic (exact) mass is 415 g/mol. The average Bonchev–Trinajstić information content (AvgIpc) is 2.66. The van der Waals surface area contributed by atoms with E-state index in [0.29, 0.717) is 28.2 Å². The third-order valence-corrected chi connectivity index (χ3v) is 5.03. The van der Waals surface area contributed by atoms with E-state index in [9.17, 15) is 0 Å². The van der Waals surface area contributed by atoms with Crippen LogP contribution in [0.1, 0.15) is 22.3 Å². The van der Waals surface area contributed by atoms with Crippen LogP contribution in [0.15, 0.2) is 66.7 Å². The second kappa shape index (κ2) is 9.23. The summed E-state index contributed by atoms with van der Waals surface area (Å²) in [5.41, 5.74) is 4.29. The van der Waals surface area contributed by atoms with E-state index in [1.165, 1.54) is 11.1 Å². The lowest BCUT2D eigenvalue weighted by molar-refractivity contribution is 0.306. The van der Waals surface area contributed by atoms with Gasteiger partial charge in [-0.25, -0.2) is 0 Å². The third kappa shape index (κ3) is 5.70. The summed E-state index contributed by atoms with van der Waals surface area (Å²) in [5, 5.41) is 4.50. The number of halogens is 2. The van der Waals surface area contributed by atoms with Crippen molar-refractivity contribution in [3.63, 3.8) is 0 Å². The number of aryl methyl sites for hydroxylation is 1. The molecule has 0 aromatic heterocycles. The van der Waals surface area contributed by atoms with E-state index < -0.39 is 0 Å². The molecule has 0 unspecified atom stereocenters. The fourth-order valence-electron chi connectivity index (χ4n) is 2.61. The summed E-state index contributed by atoms with van der Waals surface area (Å²) in [6.07, 6.45) is 0. The molecule has 0 aliphatic carbocycles. The van der Waals surface area contributed by atoms with Gasteiger partial charge in [0.15, 0.2) is 0 Å². The molecule has 0 fully saturated rings. The first kappa shape index (κ1) is 19.7. The summed E-state index contributed by atoms with van der Waals surface area (Å²) >= 11 is 17.6. The van der Waals surface area contributed by atoms with Crippen molar-refractivity contribution in [3.8, 4) is 5.75 Å². The summed E-state index contributed by atoms with van der Waals surface area (Å²) in [5.74, 6) is 0.756. The fourth-order valence-corrected chi connectivity index (χ4v) is 3.28. The van der Waals surface area contributed by atoms with Gasteiger partial charge >= 0.3 is 0 Å². The Morgan fingerprint density at radius 1 is 1.00 bits per heavy atom. The first-order chi connectivity index (χ1) is 13.0. The van der Waals surface area contributed by atoms with Crippen molar-refractivity contribution in [2.75, 3.05) is 0 Å². The van der Waals surface area contributed by atoms with Crippen LogP contribution in [0.25, 0.3) is 0 Å². The number of hydrogen-bond donors (Lipinski definition) is 1. The van der Waals surface area contributed by atoms with Gasteiger partial charge in [-0.1, -0.05) is 71.3 Å². The number of rotatable bonds is 6. The van der Waals surface area contributed by atoms with Crippen LogP contribution in [-0.2, 0) is 13.2 Å². The Bertz CT molecular complexity index is 941. The van der Waals surface area contributed by atoms with Crippen molar-refractivity contribution in [3.05, 3.63) is 99.0 Å². The topological polar surface area (TPSA) is 21.3 Å². The number of benzene rings is 3. The SMILES string of the molecule is Cc1cccc(CNC(=S)c2ccc(OCc3ccc(Cl)cc3Cl)cc2)c1. The number of hydrogen-bond acceptors (Lipinski definition) is 2. The number of nitrogens with one attached hydrogen (secondary N) is 1. The molecule has 0 heterocycles. The predicted molar refractivity (Wildman–Crippen MR) is 117 cm³/mol. The molecule has 2 nitrogen and oxygen atoms in total. The summed E-state index contributed by atoms with van der Waals surface area (Å²) in [6.45, 7) is 3.16. The highest BCUT2D eigenvalue weighted by Gasteiger charge is 2.05. The van der Waals surface area contributed by atoms with Crippen LogP contribution in [-0.4, -0.2) is 4.99 Å². The molecule has 1 N–H and O–H groups in total. The number of ether oxygens (including phenoxy) is 1. The zero-order chi connectivity index (χ0) is 19.2. The van der Waals surface area contributed by atoms with Crippen LogP contribution in [0.4, 0.5) is 0 Å². The molecule has 0 saturated heterocycles. The molecule has 0 radical (unpaired) electrons. The van der Waals surface area contributed by atoms with Crippen molar-refractivity contribution < 1.29 is 4.74 Å². The maximum absolute atomic E-state index is 6.17. The van der Waals surface area contributed by atoms with Crippen molar-refractivity contribution in [1.29, 1.82) is 0 Å². The maximum atomic E-state index is 6.17. The molecule has 3 aromatic carbocycles. The van der Waals surface area contributed by atoms with Crippen LogP contribution in [0.2, 0.25) is 10.0 Å². The molecule has 0 amide bonds. The second-order valence-electron chi connectivity index (χ2n) is 6.22. The van der Waals surface area contributed by atoms with Crippen LogP contribution >= 0.6 is 35.4 Å². The minimum atomic E-state index is 0.380. The molecular formula is C22H19Cl2NOS. The van der Waals surface area contributed by atoms with Crippen LogP contribution in [0.5, 0.6) is 5.75 Å². The Morgan fingerprint density at radius 3 is 2.48 bits per heavy atom. The van der Waals surface area contributed by atoms with Crippen molar-refractivity contribution in [2.24, 2.45) is 0 Å². The molecule has 138 valence electrons. The third-order valence-electron chi connectivity index (χ3n) is 4.06. The Morgan fingerprint density at radius 2 is 1.78 bits per heavy atom. The van der Waals surface area contributed by atoms with Gasteiger partial charge in [-0.05, 0) is 48.9 Å². The minimum Gasteiger partial charge on any atom is -0.489 e. The Balaban J connectivity index is 1.55. The summed E-state index contributed by atoms with van der Waals surface area (Å²) < 4.78 is 5.80. The van der Waals surface area contributed by atoms with E-state index in [1.54, 1.807) is 12.1 Å². The highest BCUT2D eigenvalue weighted by atomic mass is 35.5.